The minimum atomic E-state index is -0.0644. The molecule has 0 radical (unpaired) electrons. The van der Waals surface area contributed by atoms with Gasteiger partial charge in [0.2, 0.25) is 0 Å². The summed E-state index contributed by atoms with van der Waals surface area (Å²) in [6.07, 6.45) is 3.83. The average Bonchev–Trinajstić information content (AvgIpc) is 2.19. The summed E-state index contributed by atoms with van der Waals surface area (Å²) in [5.41, 5.74) is 0. The maximum absolute atomic E-state index is 11.1. The highest BCUT2D eigenvalue weighted by Crippen LogP contribution is 2.00. The van der Waals surface area contributed by atoms with Gasteiger partial charge in [0.25, 0.3) is 0 Å². The van der Waals surface area contributed by atoms with E-state index >= 15 is 0 Å². The van der Waals surface area contributed by atoms with Crippen LogP contribution >= 0.6 is 0 Å². The van der Waals surface area contributed by atoms with Gasteiger partial charge in [-0.1, -0.05) is 13.8 Å². The fourth-order valence-electron chi connectivity index (χ4n) is 1.65. The molecule has 0 unspecified atom stereocenters. The molecule has 3 heteroatoms. The lowest BCUT2D eigenvalue weighted by atomic mass is 10.2. The molecule has 0 aliphatic carbocycles. The van der Waals surface area contributed by atoms with Gasteiger partial charge in [0.1, 0.15) is 0 Å². The van der Waals surface area contributed by atoms with Crippen LogP contribution < -0.4 is 0 Å². The van der Waals surface area contributed by atoms with E-state index in [1.165, 1.54) is 12.8 Å². The topological polar surface area (TPSA) is 29.5 Å². The van der Waals surface area contributed by atoms with Gasteiger partial charge in [-0.25, -0.2) is 0 Å². The van der Waals surface area contributed by atoms with Crippen molar-refractivity contribution in [2.24, 2.45) is 0 Å². The van der Waals surface area contributed by atoms with E-state index in [0.29, 0.717) is 13.0 Å². The predicted octanol–water partition coefficient (Wildman–Crippen LogP) is 2.45. The summed E-state index contributed by atoms with van der Waals surface area (Å²) in [6.45, 7) is 10.0. The lowest BCUT2D eigenvalue weighted by molar-refractivity contribution is -0.143. The van der Waals surface area contributed by atoms with Crippen molar-refractivity contribution in [2.45, 2.75) is 46.5 Å². The molecule has 0 heterocycles. The molecule has 0 saturated heterocycles. The molecular weight excluding hydrogens is 190 g/mol. The zero-order valence-electron chi connectivity index (χ0n) is 10.4. The molecule has 3 nitrogen and oxygen atoms in total. The maximum Gasteiger partial charge on any atom is 0.305 e. The van der Waals surface area contributed by atoms with Crippen LogP contribution in [0.3, 0.4) is 0 Å². The van der Waals surface area contributed by atoms with E-state index in [0.717, 1.165) is 26.1 Å². The second-order valence-electron chi connectivity index (χ2n) is 3.75. The van der Waals surface area contributed by atoms with Crippen molar-refractivity contribution in [3.8, 4) is 0 Å². The minimum absolute atomic E-state index is 0.0644. The molecule has 0 amide bonds. The Balaban J connectivity index is 3.55. The Bertz CT molecular complexity index is 154. The van der Waals surface area contributed by atoms with Crippen LogP contribution in [-0.2, 0) is 9.53 Å². The van der Waals surface area contributed by atoms with E-state index in [1.54, 1.807) is 0 Å². The molecule has 0 saturated carbocycles. The SMILES string of the molecule is CCCN(CCC)CCCC(=O)OCC. The number of ether oxygens (including phenoxy) is 1. The van der Waals surface area contributed by atoms with Crippen molar-refractivity contribution in [1.82, 2.24) is 4.90 Å². The zero-order valence-corrected chi connectivity index (χ0v) is 10.4. The number of hydrogen-bond acceptors (Lipinski definition) is 3. The van der Waals surface area contributed by atoms with E-state index in [4.69, 9.17) is 4.74 Å². The summed E-state index contributed by atoms with van der Waals surface area (Å²) in [7, 11) is 0. The lowest BCUT2D eigenvalue weighted by Crippen LogP contribution is -2.27. The Morgan fingerprint density at radius 3 is 2.13 bits per heavy atom. The van der Waals surface area contributed by atoms with Gasteiger partial charge in [-0.05, 0) is 45.8 Å². The molecule has 0 bridgehead atoms. The molecule has 0 aromatic heterocycles. The number of hydrogen-bond donors (Lipinski definition) is 0. The molecule has 90 valence electrons. The number of esters is 1. The van der Waals surface area contributed by atoms with E-state index in [1.807, 2.05) is 6.92 Å². The van der Waals surface area contributed by atoms with Crippen molar-refractivity contribution < 1.29 is 9.53 Å². The van der Waals surface area contributed by atoms with Gasteiger partial charge in [-0.15, -0.1) is 0 Å². The monoisotopic (exact) mass is 215 g/mol. The summed E-state index contributed by atoms with van der Waals surface area (Å²) < 4.78 is 4.89. The second-order valence-corrected chi connectivity index (χ2v) is 3.75. The first-order valence-corrected chi connectivity index (χ1v) is 6.12. The van der Waals surface area contributed by atoms with Crippen molar-refractivity contribution in [1.29, 1.82) is 0 Å². The van der Waals surface area contributed by atoms with Crippen LogP contribution in [0.15, 0.2) is 0 Å². The molecule has 0 aliphatic heterocycles. The average molecular weight is 215 g/mol. The van der Waals surface area contributed by atoms with Crippen molar-refractivity contribution in [3.05, 3.63) is 0 Å². The summed E-state index contributed by atoms with van der Waals surface area (Å²) in [5, 5.41) is 0. The zero-order chi connectivity index (χ0) is 11.5. The predicted molar refractivity (Wildman–Crippen MR) is 62.9 cm³/mol. The number of rotatable bonds is 9. The van der Waals surface area contributed by atoms with Crippen LogP contribution in [0.4, 0.5) is 0 Å². The molecule has 15 heavy (non-hydrogen) atoms. The molecule has 0 fully saturated rings. The molecule has 0 aromatic rings. The smallest absolute Gasteiger partial charge is 0.305 e. The number of carbonyl (C=O) groups is 1. The molecular formula is C12H25NO2. The summed E-state index contributed by atoms with van der Waals surface area (Å²) >= 11 is 0. The Labute approximate surface area is 93.8 Å². The third kappa shape index (κ3) is 8.43. The van der Waals surface area contributed by atoms with Crippen LogP contribution in [0.1, 0.15) is 46.5 Å². The first-order valence-electron chi connectivity index (χ1n) is 6.12. The van der Waals surface area contributed by atoms with Crippen molar-refractivity contribution >= 4 is 5.97 Å². The van der Waals surface area contributed by atoms with Crippen LogP contribution in [0.2, 0.25) is 0 Å². The van der Waals surface area contributed by atoms with Crippen molar-refractivity contribution in [3.63, 3.8) is 0 Å². The van der Waals surface area contributed by atoms with Gasteiger partial charge in [0.15, 0.2) is 0 Å². The highest BCUT2D eigenvalue weighted by molar-refractivity contribution is 5.69. The molecule has 0 spiro atoms. The normalized spacial score (nSPS) is 10.7. The Kier molecular flexibility index (Phi) is 9.59. The van der Waals surface area contributed by atoms with Crippen LogP contribution in [-0.4, -0.2) is 37.1 Å². The van der Waals surface area contributed by atoms with Crippen LogP contribution in [0.5, 0.6) is 0 Å². The van der Waals surface area contributed by atoms with Crippen LogP contribution in [0.25, 0.3) is 0 Å². The van der Waals surface area contributed by atoms with E-state index < -0.39 is 0 Å². The molecule has 0 aromatic carbocycles. The highest BCUT2D eigenvalue weighted by Gasteiger charge is 2.05. The summed E-state index contributed by atoms with van der Waals surface area (Å²) in [4.78, 5) is 13.5. The van der Waals surface area contributed by atoms with E-state index in [-0.39, 0.29) is 5.97 Å². The standard InChI is InChI=1S/C12H25NO2/c1-4-9-13(10-5-2)11-7-8-12(14)15-6-3/h4-11H2,1-3H3. The van der Waals surface area contributed by atoms with Gasteiger partial charge in [0, 0.05) is 6.42 Å². The minimum Gasteiger partial charge on any atom is -0.466 e. The highest BCUT2D eigenvalue weighted by atomic mass is 16.5. The van der Waals surface area contributed by atoms with Gasteiger partial charge in [-0.3, -0.25) is 4.79 Å². The van der Waals surface area contributed by atoms with Gasteiger partial charge >= 0.3 is 5.97 Å². The first kappa shape index (κ1) is 14.4. The third-order valence-electron chi connectivity index (χ3n) is 2.24. The van der Waals surface area contributed by atoms with Crippen LogP contribution in [0, 0.1) is 0 Å². The molecule has 0 aliphatic rings. The number of nitrogens with zero attached hydrogens (tertiary/aromatic N) is 1. The van der Waals surface area contributed by atoms with Gasteiger partial charge in [0.05, 0.1) is 6.61 Å². The first-order chi connectivity index (χ1) is 7.24. The van der Waals surface area contributed by atoms with E-state index in [2.05, 4.69) is 18.7 Å². The van der Waals surface area contributed by atoms with Gasteiger partial charge < -0.3 is 9.64 Å². The quantitative estimate of drug-likeness (QED) is 0.553. The molecule has 0 N–H and O–H groups in total. The number of carbonyl (C=O) groups excluding carboxylic acids is 1. The lowest BCUT2D eigenvalue weighted by Gasteiger charge is -2.20. The summed E-state index contributed by atoms with van der Waals surface area (Å²) in [5.74, 6) is -0.0644. The second kappa shape index (κ2) is 9.97. The molecule has 0 rings (SSSR count). The Morgan fingerprint density at radius 2 is 1.67 bits per heavy atom. The van der Waals surface area contributed by atoms with Gasteiger partial charge in [-0.2, -0.15) is 0 Å². The Morgan fingerprint density at radius 1 is 1.07 bits per heavy atom. The fourth-order valence-corrected chi connectivity index (χ4v) is 1.65. The maximum atomic E-state index is 11.1. The van der Waals surface area contributed by atoms with Crippen molar-refractivity contribution in [2.75, 3.05) is 26.2 Å². The Hall–Kier alpha value is -0.570. The van der Waals surface area contributed by atoms with E-state index in [9.17, 15) is 4.79 Å². The summed E-state index contributed by atoms with van der Waals surface area (Å²) in [6, 6.07) is 0. The third-order valence-corrected chi connectivity index (χ3v) is 2.24. The fraction of sp³-hybridized carbons (Fsp3) is 0.917. The molecule has 0 atom stereocenters. The largest absolute Gasteiger partial charge is 0.466 e.